The second kappa shape index (κ2) is 8.20. The second-order valence-corrected chi connectivity index (χ2v) is 6.12. The summed E-state index contributed by atoms with van der Waals surface area (Å²) in [5.41, 5.74) is 0.821. The highest BCUT2D eigenvalue weighted by Gasteiger charge is 2.22. The fourth-order valence-electron chi connectivity index (χ4n) is 2.95. The summed E-state index contributed by atoms with van der Waals surface area (Å²) in [6.07, 6.45) is 5.13. The first-order chi connectivity index (χ1) is 12.2. The van der Waals surface area contributed by atoms with Gasteiger partial charge in [-0.1, -0.05) is 0 Å². The number of aromatic nitrogens is 2. The fourth-order valence-corrected chi connectivity index (χ4v) is 2.95. The summed E-state index contributed by atoms with van der Waals surface area (Å²) < 4.78 is 37.4. The molecule has 7 heteroatoms. The van der Waals surface area contributed by atoms with Crippen LogP contribution in [0.3, 0.4) is 0 Å². The van der Waals surface area contributed by atoms with Gasteiger partial charge in [0.2, 0.25) is 5.88 Å². The maximum Gasteiger partial charge on any atom is 0.236 e. The average molecular weight is 349 g/mol. The van der Waals surface area contributed by atoms with Crippen LogP contribution < -0.4 is 9.47 Å². The minimum absolute atomic E-state index is 0.0216. The van der Waals surface area contributed by atoms with Crippen molar-refractivity contribution in [2.24, 2.45) is 5.92 Å². The number of hydrogen-bond acceptors (Lipinski definition) is 5. The van der Waals surface area contributed by atoms with Gasteiger partial charge < -0.3 is 9.47 Å². The molecule has 25 heavy (non-hydrogen) atoms. The molecule has 5 nitrogen and oxygen atoms in total. The van der Waals surface area contributed by atoms with Gasteiger partial charge in [-0.05, 0) is 44.0 Å². The molecule has 0 N–H and O–H groups in total. The van der Waals surface area contributed by atoms with E-state index in [-0.39, 0.29) is 5.75 Å². The van der Waals surface area contributed by atoms with E-state index in [2.05, 4.69) is 14.9 Å². The first-order valence-corrected chi connectivity index (χ1v) is 8.30. The van der Waals surface area contributed by atoms with Gasteiger partial charge in [0.1, 0.15) is 11.5 Å². The van der Waals surface area contributed by atoms with Crippen molar-refractivity contribution in [2.45, 2.75) is 19.4 Å². The molecule has 2 heterocycles. The summed E-state index contributed by atoms with van der Waals surface area (Å²) in [6, 6.07) is 3.26. The second-order valence-electron chi connectivity index (χ2n) is 6.12. The van der Waals surface area contributed by atoms with Gasteiger partial charge in [0.25, 0.3) is 0 Å². The lowest BCUT2D eigenvalue weighted by molar-refractivity contribution is 0.132. The summed E-state index contributed by atoms with van der Waals surface area (Å²) >= 11 is 0. The molecule has 0 atom stereocenters. The van der Waals surface area contributed by atoms with Crippen LogP contribution >= 0.6 is 0 Å². The summed E-state index contributed by atoms with van der Waals surface area (Å²) in [7, 11) is 1.59. The summed E-state index contributed by atoms with van der Waals surface area (Å²) in [5.74, 6) is -0.179. The SMILES string of the molecule is COc1nccnc1CN1CCC(COc2cc(F)ccc2F)CC1. The zero-order chi connectivity index (χ0) is 17.6. The van der Waals surface area contributed by atoms with Crippen molar-refractivity contribution in [1.82, 2.24) is 14.9 Å². The summed E-state index contributed by atoms with van der Waals surface area (Å²) in [4.78, 5) is 10.8. The summed E-state index contributed by atoms with van der Waals surface area (Å²) in [5, 5.41) is 0. The molecule has 3 rings (SSSR count). The third-order valence-corrected chi connectivity index (χ3v) is 4.38. The smallest absolute Gasteiger partial charge is 0.236 e. The van der Waals surface area contributed by atoms with Crippen molar-refractivity contribution in [2.75, 3.05) is 26.8 Å². The molecule has 0 spiro atoms. The quantitative estimate of drug-likeness (QED) is 0.802. The molecule has 134 valence electrons. The van der Waals surface area contributed by atoms with Crippen molar-refractivity contribution in [3.05, 3.63) is 47.9 Å². The normalized spacial score (nSPS) is 16.0. The Labute approximate surface area is 145 Å². The van der Waals surface area contributed by atoms with Crippen LogP contribution in [-0.4, -0.2) is 41.7 Å². The number of hydrogen-bond donors (Lipinski definition) is 0. The van der Waals surface area contributed by atoms with Gasteiger partial charge in [-0.15, -0.1) is 0 Å². The van der Waals surface area contributed by atoms with Gasteiger partial charge in [-0.2, -0.15) is 0 Å². The van der Waals surface area contributed by atoms with Crippen LogP contribution in [0.4, 0.5) is 8.78 Å². The standard InChI is InChI=1S/C18H21F2N3O2/c1-24-18-16(21-6-7-22-18)11-23-8-4-13(5-9-23)12-25-17-10-14(19)2-3-15(17)20/h2-3,6-7,10,13H,4-5,8-9,11-12H2,1H3. The number of piperidine rings is 1. The molecular formula is C18H21F2N3O2. The van der Waals surface area contributed by atoms with Gasteiger partial charge >= 0.3 is 0 Å². The van der Waals surface area contributed by atoms with Crippen molar-refractivity contribution in [3.8, 4) is 11.6 Å². The highest BCUT2D eigenvalue weighted by Crippen LogP contribution is 2.23. The zero-order valence-electron chi connectivity index (χ0n) is 14.1. The Kier molecular flexibility index (Phi) is 5.75. The Bertz CT molecular complexity index is 706. The average Bonchev–Trinajstić information content (AvgIpc) is 2.64. The number of rotatable bonds is 6. The van der Waals surface area contributed by atoms with Crippen LogP contribution in [0, 0.1) is 17.6 Å². The van der Waals surface area contributed by atoms with Crippen LogP contribution in [0.1, 0.15) is 18.5 Å². The molecule has 1 aromatic carbocycles. The molecule has 0 amide bonds. The summed E-state index contributed by atoms with van der Waals surface area (Å²) in [6.45, 7) is 2.85. The van der Waals surface area contributed by atoms with Crippen molar-refractivity contribution >= 4 is 0 Å². The molecule has 1 fully saturated rings. The van der Waals surface area contributed by atoms with Crippen molar-refractivity contribution < 1.29 is 18.3 Å². The maximum atomic E-state index is 13.6. The van der Waals surface area contributed by atoms with Gasteiger partial charge in [-0.25, -0.2) is 13.8 Å². The molecule has 1 saturated heterocycles. The maximum absolute atomic E-state index is 13.6. The van der Waals surface area contributed by atoms with Gasteiger partial charge in [0, 0.05) is 25.0 Å². The topological polar surface area (TPSA) is 47.5 Å². The van der Waals surface area contributed by atoms with Gasteiger partial charge in [0.05, 0.1) is 13.7 Å². The number of benzene rings is 1. The monoisotopic (exact) mass is 349 g/mol. The highest BCUT2D eigenvalue weighted by molar-refractivity contribution is 5.24. The molecule has 0 radical (unpaired) electrons. The van der Waals surface area contributed by atoms with Crippen LogP contribution in [0.2, 0.25) is 0 Å². The van der Waals surface area contributed by atoms with E-state index in [0.717, 1.165) is 49.8 Å². The van der Waals surface area contributed by atoms with E-state index < -0.39 is 11.6 Å². The van der Waals surface area contributed by atoms with E-state index in [1.54, 1.807) is 19.5 Å². The van der Waals surface area contributed by atoms with E-state index in [1.807, 2.05) is 0 Å². The predicted octanol–water partition coefficient (Wildman–Crippen LogP) is 3.05. The number of halogens is 2. The molecule has 0 unspecified atom stereocenters. The predicted molar refractivity (Wildman–Crippen MR) is 88.4 cm³/mol. The van der Waals surface area contributed by atoms with Crippen LogP contribution in [0.25, 0.3) is 0 Å². The zero-order valence-corrected chi connectivity index (χ0v) is 14.1. The largest absolute Gasteiger partial charge is 0.490 e. The number of methoxy groups -OCH3 is 1. The highest BCUT2D eigenvalue weighted by atomic mass is 19.1. The van der Waals surface area contributed by atoms with E-state index in [4.69, 9.17) is 9.47 Å². The third-order valence-electron chi connectivity index (χ3n) is 4.38. The number of likely N-dealkylation sites (tertiary alicyclic amines) is 1. The lowest BCUT2D eigenvalue weighted by Crippen LogP contribution is -2.35. The number of nitrogens with zero attached hydrogens (tertiary/aromatic N) is 3. The molecular weight excluding hydrogens is 328 g/mol. The molecule has 0 aliphatic carbocycles. The minimum Gasteiger partial charge on any atom is -0.490 e. The first kappa shape index (κ1) is 17.5. The molecule has 1 aromatic heterocycles. The Morgan fingerprint density at radius 1 is 1.16 bits per heavy atom. The van der Waals surface area contributed by atoms with Gasteiger partial charge in [0.15, 0.2) is 11.6 Å². The lowest BCUT2D eigenvalue weighted by Gasteiger charge is -2.31. The Balaban J connectivity index is 1.48. The minimum atomic E-state index is -0.534. The van der Waals surface area contributed by atoms with E-state index in [1.165, 1.54) is 0 Å². The molecule has 0 bridgehead atoms. The Morgan fingerprint density at radius 3 is 2.68 bits per heavy atom. The fraction of sp³-hybridized carbons (Fsp3) is 0.444. The van der Waals surface area contributed by atoms with E-state index in [9.17, 15) is 8.78 Å². The Hall–Kier alpha value is -2.28. The van der Waals surface area contributed by atoms with E-state index >= 15 is 0 Å². The van der Waals surface area contributed by atoms with E-state index in [0.29, 0.717) is 24.9 Å². The van der Waals surface area contributed by atoms with Crippen LogP contribution in [-0.2, 0) is 6.54 Å². The lowest BCUT2D eigenvalue weighted by atomic mass is 9.97. The molecule has 2 aromatic rings. The third kappa shape index (κ3) is 4.63. The van der Waals surface area contributed by atoms with Gasteiger partial charge in [-0.3, -0.25) is 9.88 Å². The molecule has 0 saturated carbocycles. The molecule has 1 aliphatic rings. The van der Waals surface area contributed by atoms with Crippen LogP contribution in [0.15, 0.2) is 30.6 Å². The number of ether oxygens (including phenoxy) is 2. The first-order valence-electron chi connectivity index (χ1n) is 8.30. The van der Waals surface area contributed by atoms with Crippen molar-refractivity contribution in [3.63, 3.8) is 0 Å². The molecule has 1 aliphatic heterocycles. The Morgan fingerprint density at radius 2 is 1.92 bits per heavy atom. The van der Waals surface area contributed by atoms with Crippen molar-refractivity contribution in [1.29, 1.82) is 0 Å². The van der Waals surface area contributed by atoms with Crippen LogP contribution in [0.5, 0.6) is 11.6 Å².